The van der Waals surface area contributed by atoms with Crippen molar-refractivity contribution >= 4 is 48.7 Å². The molecule has 0 aromatic heterocycles. The average molecular weight is 674 g/mol. The van der Waals surface area contributed by atoms with Crippen molar-refractivity contribution in [2.75, 3.05) is 17.1 Å². The van der Waals surface area contributed by atoms with Crippen molar-refractivity contribution < 1.29 is 48.3 Å². The maximum absolute atomic E-state index is 14.4. The summed E-state index contributed by atoms with van der Waals surface area (Å²) in [5, 5.41) is 10.3. The van der Waals surface area contributed by atoms with Gasteiger partial charge in [-0.25, -0.2) is 16.8 Å². The molecule has 0 saturated heterocycles. The minimum atomic E-state index is -5.60. The number of aliphatic hydroxyl groups is 1. The van der Waals surface area contributed by atoms with Gasteiger partial charge in [0.15, 0.2) is 9.84 Å². The van der Waals surface area contributed by atoms with E-state index in [2.05, 4.69) is 5.92 Å². The number of hydrogen-bond donors (Lipinski definition) is 1. The van der Waals surface area contributed by atoms with Gasteiger partial charge >= 0.3 is 12.4 Å². The molecule has 16 heteroatoms. The molecule has 0 aliphatic carbocycles. The quantitative estimate of drug-likeness (QED) is 0.233. The molecule has 0 aliphatic rings. The third-order valence-electron chi connectivity index (χ3n) is 5.70. The lowest BCUT2D eigenvalue weighted by molar-refractivity contribution is -0.240. The van der Waals surface area contributed by atoms with E-state index in [1.54, 1.807) is 5.92 Å². The topological polar surface area (TPSA) is 91.8 Å². The molecule has 0 saturated carbocycles. The van der Waals surface area contributed by atoms with Crippen molar-refractivity contribution in [1.29, 1.82) is 0 Å². The molecule has 3 aromatic carbocycles. The maximum Gasteiger partial charge on any atom is 0.433 e. The molecule has 42 heavy (non-hydrogen) atoms. The molecular formula is C26H19Cl2F6NO5S2. The fourth-order valence-electron chi connectivity index (χ4n) is 3.63. The fourth-order valence-corrected chi connectivity index (χ4v) is 6.48. The summed E-state index contributed by atoms with van der Waals surface area (Å²) in [6.45, 7) is -1.39. The average Bonchev–Trinajstić information content (AvgIpc) is 2.87. The molecule has 226 valence electrons. The first-order chi connectivity index (χ1) is 19.2. The molecule has 1 N–H and O–H groups in total. The second-order valence-electron chi connectivity index (χ2n) is 8.79. The summed E-state index contributed by atoms with van der Waals surface area (Å²) in [4.78, 5) is -0.948. The van der Waals surface area contributed by atoms with Crippen molar-refractivity contribution in [3.8, 4) is 11.8 Å². The van der Waals surface area contributed by atoms with E-state index < -0.39 is 71.9 Å². The molecule has 1 atom stereocenters. The number of para-hydroxylation sites is 1. The Morgan fingerprint density at radius 2 is 1.48 bits per heavy atom. The number of hydrogen-bond acceptors (Lipinski definition) is 5. The predicted octanol–water partition coefficient (Wildman–Crippen LogP) is 6.35. The van der Waals surface area contributed by atoms with Gasteiger partial charge < -0.3 is 5.11 Å². The summed E-state index contributed by atoms with van der Waals surface area (Å²) in [6, 6.07) is 10.8. The number of sulfonamides is 1. The standard InChI is InChI=1S/C26H19Cl2F6NO5S2/c1-41(37,38)19-9-6-17(7-10-19)12-13-24(36,26(32,33)34)20-4-2-3-5-22(20)35(15-14-25(29,30)31)42(39,40)23-16-18(27)8-11-21(23)28/h2-11,16,36H,14-15H2,1H3. The molecule has 0 heterocycles. The third-order valence-corrected chi connectivity index (χ3v) is 9.36. The Bertz CT molecular complexity index is 1750. The highest BCUT2D eigenvalue weighted by Crippen LogP contribution is 2.44. The largest absolute Gasteiger partial charge is 0.433 e. The Morgan fingerprint density at radius 3 is 2.02 bits per heavy atom. The molecule has 0 radical (unpaired) electrons. The van der Waals surface area contributed by atoms with Crippen LogP contribution in [-0.2, 0) is 25.5 Å². The van der Waals surface area contributed by atoms with Crippen LogP contribution in [0.4, 0.5) is 32.0 Å². The molecule has 3 aromatic rings. The Morgan fingerprint density at radius 1 is 0.881 bits per heavy atom. The van der Waals surface area contributed by atoms with Gasteiger partial charge in [-0.15, -0.1) is 0 Å². The summed E-state index contributed by atoms with van der Waals surface area (Å²) in [5.41, 5.74) is -6.42. The van der Waals surface area contributed by atoms with E-state index in [9.17, 15) is 48.3 Å². The molecule has 1 unspecified atom stereocenters. The second-order valence-corrected chi connectivity index (χ2v) is 13.5. The Hall–Kier alpha value is -2.96. The predicted molar refractivity (Wildman–Crippen MR) is 144 cm³/mol. The van der Waals surface area contributed by atoms with Crippen LogP contribution in [-0.4, -0.2) is 47.1 Å². The molecule has 0 amide bonds. The molecule has 0 spiro atoms. The Balaban J connectivity index is 2.27. The number of rotatable bonds is 7. The van der Waals surface area contributed by atoms with Crippen molar-refractivity contribution in [3.05, 3.63) is 87.9 Å². The van der Waals surface area contributed by atoms with Gasteiger partial charge in [0.1, 0.15) is 4.90 Å². The van der Waals surface area contributed by atoms with E-state index in [0.717, 1.165) is 60.9 Å². The van der Waals surface area contributed by atoms with Crippen LogP contribution in [0.25, 0.3) is 0 Å². The lowest BCUT2D eigenvalue weighted by atomic mass is 9.91. The van der Waals surface area contributed by atoms with Gasteiger partial charge in [-0.1, -0.05) is 47.3 Å². The van der Waals surface area contributed by atoms with Crippen LogP contribution in [0.2, 0.25) is 10.0 Å². The van der Waals surface area contributed by atoms with Crippen LogP contribution < -0.4 is 4.31 Å². The van der Waals surface area contributed by atoms with E-state index in [1.165, 1.54) is 6.07 Å². The first kappa shape index (κ1) is 33.5. The summed E-state index contributed by atoms with van der Waals surface area (Å²) in [6.07, 6.45) is -11.4. The van der Waals surface area contributed by atoms with Crippen LogP contribution in [0.5, 0.6) is 0 Å². The van der Waals surface area contributed by atoms with Gasteiger partial charge in [-0.2, -0.15) is 26.3 Å². The number of alkyl halides is 6. The van der Waals surface area contributed by atoms with Gasteiger partial charge in [-0.3, -0.25) is 4.31 Å². The maximum atomic E-state index is 14.4. The zero-order chi connectivity index (χ0) is 31.7. The second kappa shape index (κ2) is 12.0. The summed E-state index contributed by atoms with van der Waals surface area (Å²) >= 11 is 11.8. The van der Waals surface area contributed by atoms with Crippen LogP contribution in [0.15, 0.2) is 76.5 Å². The number of anilines is 1. The van der Waals surface area contributed by atoms with E-state index in [-0.39, 0.29) is 19.8 Å². The van der Waals surface area contributed by atoms with Gasteiger partial charge in [0.25, 0.3) is 15.6 Å². The Labute approximate surface area is 247 Å². The van der Waals surface area contributed by atoms with Gasteiger partial charge in [0.05, 0.1) is 22.0 Å². The van der Waals surface area contributed by atoms with Crippen molar-refractivity contribution in [2.24, 2.45) is 0 Å². The molecule has 0 bridgehead atoms. The highest BCUT2D eigenvalue weighted by Gasteiger charge is 2.56. The van der Waals surface area contributed by atoms with E-state index in [4.69, 9.17) is 23.2 Å². The smallest absolute Gasteiger partial charge is 0.366 e. The molecule has 0 aliphatic heterocycles. The fraction of sp³-hybridized carbons (Fsp3) is 0.231. The summed E-state index contributed by atoms with van der Waals surface area (Å²) in [7, 11) is -8.75. The minimum Gasteiger partial charge on any atom is -0.366 e. The first-order valence-electron chi connectivity index (χ1n) is 11.4. The lowest BCUT2D eigenvalue weighted by Gasteiger charge is -2.32. The van der Waals surface area contributed by atoms with E-state index in [1.807, 2.05) is 0 Å². The zero-order valence-corrected chi connectivity index (χ0v) is 24.3. The highest BCUT2D eigenvalue weighted by atomic mass is 35.5. The number of halogens is 8. The van der Waals surface area contributed by atoms with Crippen LogP contribution in [0.1, 0.15) is 17.5 Å². The number of nitrogens with zero attached hydrogens (tertiary/aromatic N) is 1. The first-order valence-corrected chi connectivity index (χ1v) is 15.5. The van der Waals surface area contributed by atoms with Crippen LogP contribution >= 0.6 is 23.2 Å². The Kier molecular flexibility index (Phi) is 9.56. The molecular weight excluding hydrogens is 655 g/mol. The van der Waals surface area contributed by atoms with Gasteiger partial charge in [0.2, 0.25) is 0 Å². The number of sulfone groups is 1. The molecule has 0 fully saturated rings. The van der Waals surface area contributed by atoms with Crippen LogP contribution in [0.3, 0.4) is 0 Å². The molecule has 3 rings (SSSR count). The SMILES string of the molecule is CS(=O)(=O)c1ccc(C#CC(O)(c2ccccc2N(CCC(F)(F)F)S(=O)(=O)c2cc(Cl)ccc2Cl)C(F)(F)F)cc1. The monoisotopic (exact) mass is 673 g/mol. The van der Waals surface area contributed by atoms with Crippen molar-refractivity contribution in [2.45, 2.75) is 34.2 Å². The number of benzene rings is 3. The highest BCUT2D eigenvalue weighted by molar-refractivity contribution is 7.93. The van der Waals surface area contributed by atoms with Crippen molar-refractivity contribution in [1.82, 2.24) is 0 Å². The summed E-state index contributed by atoms with van der Waals surface area (Å²) < 4.78 is 134. The van der Waals surface area contributed by atoms with Crippen LogP contribution in [0, 0.1) is 11.8 Å². The van der Waals surface area contributed by atoms with E-state index >= 15 is 0 Å². The lowest BCUT2D eigenvalue weighted by Crippen LogP contribution is -2.44. The normalized spacial score (nSPS) is 14.0. The van der Waals surface area contributed by atoms with Gasteiger partial charge in [-0.05, 0) is 54.5 Å². The summed E-state index contributed by atoms with van der Waals surface area (Å²) in [5.74, 6) is 3.72. The van der Waals surface area contributed by atoms with Gasteiger partial charge in [0, 0.05) is 29.0 Å². The minimum absolute atomic E-state index is 0.0483. The zero-order valence-electron chi connectivity index (χ0n) is 21.1. The third kappa shape index (κ3) is 7.51. The molecule has 6 nitrogen and oxygen atoms in total. The van der Waals surface area contributed by atoms with Crippen molar-refractivity contribution in [3.63, 3.8) is 0 Å². The van der Waals surface area contributed by atoms with E-state index in [0.29, 0.717) is 6.07 Å².